The maximum atomic E-state index is 9.26. The molecule has 0 radical (unpaired) electrons. The van der Waals surface area contributed by atoms with Gasteiger partial charge in [-0.1, -0.05) is 27.7 Å². The van der Waals surface area contributed by atoms with Gasteiger partial charge in [0.05, 0.1) is 0 Å². The molecule has 12 nitrogen and oxygen atoms in total. The molecule has 0 unspecified atom stereocenters. The number of hydrogen-bond donors (Lipinski definition) is 4. The van der Waals surface area contributed by atoms with E-state index in [4.69, 9.17) is 0 Å². The fourth-order valence-corrected chi connectivity index (χ4v) is 0. The molecule has 0 bridgehead atoms. The van der Waals surface area contributed by atoms with E-state index in [2.05, 4.69) is 0 Å². The number of carbonyl (C=O) groups is 4. The number of carboxylic acid groups (broad SMARTS) is 4. The van der Waals surface area contributed by atoms with Gasteiger partial charge in [0.15, 0.2) is 0 Å². The Kier molecular flexibility index (Phi) is 88.4. The van der Waals surface area contributed by atoms with Crippen LogP contribution in [-0.4, -0.2) is 23.9 Å². The van der Waals surface area contributed by atoms with Crippen LogP contribution in [0.3, 0.4) is 0 Å². The second kappa shape index (κ2) is 42.8. The molecular weight excluding hydrogens is 328 g/mol. The normalized spacial score (nSPS) is 6.17. The van der Waals surface area contributed by atoms with Crippen LogP contribution in [0.1, 0.15) is 53.4 Å². The Bertz CT molecular complexity index is 232. The third-order valence-corrected chi connectivity index (χ3v) is 1.15. The molecule has 0 aliphatic rings. The standard InChI is InChI=1S/4C3H6O2.4H3N/c4*1-2-3(4)5;;;;/h4*2H2,1H3,(H,4,5);4*1H3. The summed E-state index contributed by atoms with van der Waals surface area (Å²) in [6.45, 7) is 6.15. The Hall–Kier alpha value is -2.28. The third kappa shape index (κ3) is 211. The van der Waals surface area contributed by atoms with E-state index in [9.17, 15) is 39.6 Å². The predicted molar refractivity (Wildman–Crippen MR) is 85.1 cm³/mol. The van der Waals surface area contributed by atoms with Gasteiger partial charge >= 0.3 is 0 Å². The summed E-state index contributed by atoms with van der Waals surface area (Å²) in [7, 11) is 0. The van der Waals surface area contributed by atoms with E-state index in [1.54, 1.807) is 0 Å². The lowest BCUT2D eigenvalue weighted by Crippen LogP contribution is -2.20. The van der Waals surface area contributed by atoms with E-state index < -0.39 is 23.9 Å². The zero-order chi connectivity index (χ0) is 17.1. The van der Waals surface area contributed by atoms with Gasteiger partial charge in [-0.2, -0.15) is 0 Å². The molecule has 0 aromatic heterocycles. The number of carboxylic acids is 4. The van der Waals surface area contributed by atoms with Crippen molar-refractivity contribution in [3.63, 3.8) is 0 Å². The lowest BCUT2D eigenvalue weighted by molar-refractivity contribution is -0.306. The molecule has 24 heavy (non-hydrogen) atoms. The minimum absolute atomic E-state index is 0. The number of rotatable bonds is 4. The van der Waals surface area contributed by atoms with E-state index in [0.29, 0.717) is 0 Å². The van der Waals surface area contributed by atoms with E-state index in [-0.39, 0.29) is 50.3 Å². The minimum Gasteiger partial charge on any atom is -0.550 e. The van der Waals surface area contributed by atoms with Crippen molar-refractivity contribution in [2.45, 2.75) is 53.4 Å². The van der Waals surface area contributed by atoms with E-state index >= 15 is 0 Å². The van der Waals surface area contributed by atoms with Gasteiger partial charge in [0, 0.05) is 23.9 Å². The summed E-state index contributed by atoms with van der Waals surface area (Å²) in [4.78, 5) is 37.0. The zero-order valence-electron chi connectivity index (χ0n) is 16.1. The van der Waals surface area contributed by atoms with Crippen molar-refractivity contribution in [1.82, 2.24) is 24.6 Å². The predicted octanol–water partition coefficient (Wildman–Crippen LogP) is -1.91. The average molecular weight is 364 g/mol. The quantitative estimate of drug-likeness (QED) is 0.434. The van der Waals surface area contributed by atoms with Crippen LogP contribution in [-0.2, 0) is 19.2 Å². The van der Waals surface area contributed by atoms with Gasteiger partial charge in [0.1, 0.15) is 0 Å². The molecule has 0 saturated carbocycles. The summed E-state index contributed by atoms with van der Waals surface area (Å²) in [5.74, 6) is -3.98. The highest BCUT2D eigenvalue weighted by Gasteiger charge is 1.66. The summed E-state index contributed by atoms with van der Waals surface area (Å²) in [6, 6.07) is 0. The second-order valence-corrected chi connectivity index (χ2v) is 2.90. The first-order valence-electron chi connectivity index (χ1n) is 5.88. The van der Waals surface area contributed by atoms with Crippen LogP contribution >= 0.6 is 0 Å². The third-order valence-electron chi connectivity index (χ3n) is 1.15. The van der Waals surface area contributed by atoms with Crippen LogP contribution in [0, 0.1) is 0 Å². The maximum Gasteiger partial charge on any atom is 0.0411 e. The Labute approximate surface area is 142 Å². The molecule has 0 amide bonds. The van der Waals surface area contributed by atoms with Gasteiger partial charge in [0.2, 0.25) is 0 Å². The Balaban J connectivity index is -0.0000000225. The first-order chi connectivity index (χ1) is 9.08. The minimum atomic E-state index is -0.995. The average Bonchev–Trinajstić information content (AvgIpc) is 2.40. The van der Waals surface area contributed by atoms with Crippen molar-refractivity contribution in [2.24, 2.45) is 0 Å². The van der Waals surface area contributed by atoms with Crippen LogP contribution in [0.5, 0.6) is 0 Å². The molecular formula is C12H36N4O8. The topological polar surface area (TPSA) is 307 Å². The Morgan fingerprint density at radius 3 is 0.500 bits per heavy atom. The van der Waals surface area contributed by atoms with Crippen molar-refractivity contribution in [2.75, 3.05) is 0 Å². The molecule has 12 heteroatoms. The fraction of sp³-hybridized carbons (Fsp3) is 0.667. The number of quaternary nitrogens is 4. The number of aliphatic carboxylic acids is 4. The van der Waals surface area contributed by atoms with Crippen LogP contribution in [0.4, 0.5) is 0 Å². The monoisotopic (exact) mass is 364 g/mol. The highest BCUT2D eigenvalue weighted by molar-refractivity contribution is 5.64. The van der Waals surface area contributed by atoms with Gasteiger partial charge in [-0.25, -0.2) is 0 Å². The van der Waals surface area contributed by atoms with E-state index in [1.807, 2.05) is 0 Å². The lowest BCUT2D eigenvalue weighted by Gasteiger charge is -1.87. The Morgan fingerprint density at radius 2 is 0.500 bits per heavy atom. The molecule has 0 heterocycles. The van der Waals surface area contributed by atoms with Crippen LogP contribution < -0.4 is 45.0 Å². The van der Waals surface area contributed by atoms with Crippen molar-refractivity contribution >= 4 is 23.9 Å². The van der Waals surface area contributed by atoms with E-state index in [1.165, 1.54) is 27.7 Å². The largest absolute Gasteiger partial charge is 0.550 e. The van der Waals surface area contributed by atoms with E-state index in [0.717, 1.165) is 0 Å². The lowest BCUT2D eigenvalue weighted by atomic mass is 10.5. The van der Waals surface area contributed by atoms with Crippen molar-refractivity contribution in [3.8, 4) is 0 Å². The summed E-state index contributed by atoms with van der Waals surface area (Å²) >= 11 is 0. The van der Waals surface area contributed by atoms with Crippen molar-refractivity contribution < 1.29 is 39.6 Å². The van der Waals surface area contributed by atoms with Gasteiger partial charge < -0.3 is 64.2 Å². The molecule has 0 saturated heterocycles. The molecule has 0 fully saturated rings. The molecule has 0 aliphatic carbocycles. The highest BCUT2D eigenvalue weighted by Crippen LogP contribution is 1.63. The number of hydrogen-bond acceptors (Lipinski definition) is 8. The molecule has 0 atom stereocenters. The van der Waals surface area contributed by atoms with Gasteiger partial charge in [-0.3, -0.25) is 0 Å². The van der Waals surface area contributed by atoms with Gasteiger partial charge in [0.25, 0.3) is 0 Å². The zero-order valence-corrected chi connectivity index (χ0v) is 16.1. The molecule has 0 aromatic carbocycles. The summed E-state index contributed by atoms with van der Waals surface area (Å²) < 4.78 is 0. The highest BCUT2D eigenvalue weighted by atomic mass is 16.4. The van der Waals surface area contributed by atoms with Crippen molar-refractivity contribution in [3.05, 3.63) is 0 Å². The molecule has 0 spiro atoms. The van der Waals surface area contributed by atoms with Crippen molar-refractivity contribution in [1.29, 1.82) is 0 Å². The Morgan fingerprint density at radius 1 is 0.458 bits per heavy atom. The molecule has 152 valence electrons. The van der Waals surface area contributed by atoms with Gasteiger partial charge in [-0.05, 0) is 25.7 Å². The number of carbonyl (C=O) groups excluding carboxylic acids is 4. The molecule has 0 rings (SSSR count). The molecule has 16 N–H and O–H groups in total. The van der Waals surface area contributed by atoms with Crippen LogP contribution in [0.25, 0.3) is 0 Å². The summed E-state index contributed by atoms with van der Waals surface area (Å²) in [5, 5.41) is 37.0. The SMILES string of the molecule is CCC(=O)[O-].CCC(=O)[O-].CCC(=O)[O-].CCC(=O)[O-].[NH4+].[NH4+].[NH4+].[NH4+]. The van der Waals surface area contributed by atoms with Crippen LogP contribution in [0.15, 0.2) is 0 Å². The smallest absolute Gasteiger partial charge is 0.0411 e. The second-order valence-electron chi connectivity index (χ2n) is 2.90. The molecule has 0 aromatic rings. The first kappa shape index (κ1) is 49.5. The maximum absolute atomic E-state index is 9.26. The first-order valence-corrected chi connectivity index (χ1v) is 5.88. The summed E-state index contributed by atoms with van der Waals surface area (Å²) in [5.41, 5.74) is 0. The summed E-state index contributed by atoms with van der Waals surface area (Å²) in [6.07, 6.45) is 0.444. The fourth-order valence-electron chi connectivity index (χ4n) is 0. The van der Waals surface area contributed by atoms with Crippen LogP contribution in [0.2, 0.25) is 0 Å². The van der Waals surface area contributed by atoms with Gasteiger partial charge in [-0.15, -0.1) is 0 Å². The molecule has 0 aliphatic heterocycles.